The van der Waals surface area contributed by atoms with Crippen molar-refractivity contribution in [3.8, 4) is 0 Å². The smallest absolute Gasteiger partial charge is 0.394 e. The molecule has 0 saturated carbocycles. The number of aromatic nitrogens is 4. The van der Waals surface area contributed by atoms with Gasteiger partial charge in [0.2, 0.25) is 5.95 Å². The standard InChI is InChI=1S/C18H21F3N6O/c1-3-12(9-28)24-17-25-15(14-16(26-17)27(4-2)10-22-14)23-13-7-5-11(6-8-13)18(19,20)21/h5-8,10,12,28H,3-4,9H2,1-2H3,(H2,23,24,25,26). The number of nitrogens with one attached hydrogen (secondary N) is 2. The van der Waals surface area contributed by atoms with E-state index in [9.17, 15) is 18.3 Å². The van der Waals surface area contributed by atoms with Crippen molar-refractivity contribution in [3.05, 3.63) is 36.2 Å². The molecule has 3 N–H and O–H groups in total. The first-order chi connectivity index (χ1) is 13.4. The Kier molecular flexibility index (Phi) is 5.68. The first-order valence-electron chi connectivity index (χ1n) is 8.90. The van der Waals surface area contributed by atoms with Crippen molar-refractivity contribution in [1.29, 1.82) is 0 Å². The maximum Gasteiger partial charge on any atom is 0.416 e. The SMILES string of the molecule is CCC(CO)Nc1nc(Nc2ccc(C(F)(F)F)cc2)c2ncn(CC)c2n1. The lowest BCUT2D eigenvalue weighted by atomic mass is 10.2. The summed E-state index contributed by atoms with van der Waals surface area (Å²) in [6, 6.07) is 4.47. The zero-order valence-corrected chi connectivity index (χ0v) is 15.5. The van der Waals surface area contributed by atoms with Gasteiger partial charge >= 0.3 is 6.18 Å². The number of hydrogen-bond donors (Lipinski definition) is 3. The quantitative estimate of drug-likeness (QED) is 0.565. The number of fused-ring (bicyclic) bond motifs is 1. The van der Waals surface area contributed by atoms with Gasteiger partial charge < -0.3 is 20.3 Å². The zero-order chi connectivity index (χ0) is 20.3. The van der Waals surface area contributed by atoms with Crippen molar-refractivity contribution in [1.82, 2.24) is 19.5 Å². The van der Waals surface area contributed by atoms with Crippen molar-refractivity contribution < 1.29 is 18.3 Å². The van der Waals surface area contributed by atoms with Crippen LogP contribution in [0, 0.1) is 0 Å². The van der Waals surface area contributed by atoms with E-state index in [0.29, 0.717) is 41.6 Å². The Labute approximate surface area is 159 Å². The highest BCUT2D eigenvalue weighted by Crippen LogP contribution is 2.31. The maximum absolute atomic E-state index is 12.8. The third kappa shape index (κ3) is 4.16. The summed E-state index contributed by atoms with van der Waals surface area (Å²) in [5.74, 6) is 0.672. The van der Waals surface area contributed by atoms with Gasteiger partial charge in [-0.25, -0.2) is 4.98 Å². The molecule has 0 amide bonds. The van der Waals surface area contributed by atoms with Crippen LogP contribution in [0.25, 0.3) is 11.2 Å². The van der Waals surface area contributed by atoms with Gasteiger partial charge in [-0.05, 0) is 37.6 Å². The lowest BCUT2D eigenvalue weighted by Gasteiger charge is -2.15. The van der Waals surface area contributed by atoms with Crippen molar-refractivity contribution in [2.45, 2.75) is 39.0 Å². The minimum absolute atomic E-state index is 0.0768. The first-order valence-corrected chi connectivity index (χ1v) is 8.90. The van der Waals surface area contributed by atoms with Crippen LogP contribution in [0.2, 0.25) is 0 Å². The van der Waals surface area contributed by atoms with Crippen molar-refractivity contribution in [2.75, 3.05) is 17.2 Å². The second-order valence-corrected chi connectivity index (χ2v) is 6.23. The Balaban J connectivity index is 1.97. The number of aryl methyl sites for hydroxylation is 1. The van der Waals surface area contributed by atoms with Gasteiger partial charge in [-0.2, -0.15) is 23.1 Å². The predicted molar refractivity (Wildman–Crippen MR) is 101 cm³/mol. The summed E-state index contributed by atoms with van der Waals surface area (Å²) in [5.41, 5.74) is 0.808. The Bertz CT molecular complexity index is 935. The van der Waals surface area contributed by atoms with Crippen LogP contribution in [0.4, 0.5) is 30.6 Å². The Hall–Kier alpha value is -2.88. The summed E-state index contributed by atoms with van der Waals surface area (Å²) in [4.78, 5) is 13.2. The summed E-state index contributed by atoms with van der Waals surface area (Å²) in [5, 5.41) is 15.5. The maximum atomic E-state index is 12.8. The van der Waals surface area contributed by atoms with Gasteiger partial charge in [-0.3, -0.25) is 0 Å². The zero-order valence-electron chi connectivity index (χ0n) is 15.5. The summed E-state index contributed by atoms with van der Waals surface area (Å²) in [7, 11) is 0. The van der Waals surface area contributed by atoms with E-state index < -0.39 is 11.7 Å². The molecular weight excluding hydrogens is 373 g/mol. The molecule has 0 fully saturated rings. The molecule has 7 nitrogen and oxygen atoms in total. The number of alkyl halides is 3. The fraction of sp³-hybridized carbons (Fsp3) is 0.389. The van der Waals surface area contributed by atoms with Crippen LogP contribution < -0.4 is 10.6 Å². The summed E-state index contributed by atoms with van der Waals surface area (Å²) in [6.07, 6.45) is -2.09. The van der Waals surface area contributed by atoms with E-state index in [-0.39, 0.29) is 12.6 Å². The summed E-state index contributed by atoms with van der Waals surface area (Å²) in [6.45, 7) is 4.43. The number of aliphatic hydroxyl groups is 1. The summed E-state index contributed by atoms with van der Waals surface area (Å²) >= 11 is 0. The van der Waals surface area contributed by atoms with Crippen molar-refractivity contribution in [2.24, 2.45) is 0 Å². The second kappa shape index (κ2) is 8.01. The average molecular weight is 394 g/mol. The number of aliphatic hydroxyl groups excluding tert-OH is 1. The Morgan fingerprint density at radius 3 is 2.43 bits per heavy atom. The Morgan fingerprint density at radius 2 is 1.86 bits per heavy atom. The van der Waals surface area contributed by atoms with Gasteiger partial charge in [-0.1, -0.05) is 6.92 Å². The van der Waals surface area contributed by atoms with E-state index in [1.165, 1.54) is 12.1 Å². The van der Waals surface area contributed by atoms with Crippen LogP contribution in [0.1, 0.15) is 25.8 Å². The van der Waals surface area contributed by atoms with E-state index in [2.05, 4.69) is 25.6 Å². The van der Waals surface area contributed by atoms with Gasteiger partial charge in [-0.15, -0.1) is 0 Å². The van der Waals surface area contributed by atoms with Crippen LogP contribution in [0.5, 0.6) is 0 Å². The molecule has 1 unspecified atom stereocenters. The fourth-order valence-corrected chi connectivity index (χ4v) is 2.67. The van der Waals surface area contributed by atoms with Gasteiger partial charge in [0.05, 0.1) is 24.5 Å². The first kappa shape index (κ1) is 19.9. The van der Waals surface area contributed by atoms with Crippen LogP contribution in [0.3, 0.4) is 0 Å². The average Bonchev–Trinajstić information content (AvgIpc) is 3.09. The monoisotopic (exact) mass is 394 g/mol. The van der Waals surface area contributed by atoms with Gasteiger partial charge in [0.1, 0.15) is 0 Å². The molecule has 28 heavy (non-hydrogen) atoms. The second-order valence-electron chi connectivity index (χ2n) is 6.23. The molecule has 0 aliphatic carbocycles. The van der Waals surface area contributed by atoms with Crippen LogP contribution >= 0.6 is 0 Å². The molecule has 0 aliphatic rings. The molecular formula is C18H21F3N6O. The van der Waals surface area contributed by atoms with E-state index in [0.717, 1.165) is 12.1 Å². The number of benzene rings is 1. The highest BCUT2D eigenvalue weighted by atomic mass is 19.4. The lowest BCUT2D eigenvalue weighted by Crippen LogP contribution is -2.24. The van der Waals surface area contributed by atoms with Crippen LogP contribution in [-0.2, 0) is 12.7 Å². The van der Waals surface area contributed by atoms with Gasteiger partial charge in [0.25, 0.3) is 0 Å². The minimum Gasteiger partial charge on any atom is -0.394 e. The molecule has 1 atom stereocenters. The van der Waals surface area contributed by atoms with Crippen molar-refractivity contribution in [3.63, 3.8) is 0 Å². The molecule has 1 aromatic carbocycles. The molecule has 150 valence electrons. The van der Waals surface area contributed by atoms with Crippen LogP contribution in [0.15, 0.2) is 30.6 Å². The molecule has 2 heterocycles. The number of anilines is 3. The van der Waals surface area contributed by atoms with E-state index in [4.69, 9.17) is 0 Å². The molecule has 10 heteroatoms. The number of nitrogens with zero attached hydrogens (tertiary/aromatic N) is 4. The molecule has 3 rings (SSSR count). The molecule has 0 aliphatic heterocycles. The molecule has 3 aromatic rings. The number of halogens is 3. The fourth-order valence-electron chi connectivity index (χ4n) is 2.67. The Morgan fingerprint density at radius 1 is 1.14 bits per heavy atom. The summed E-state index contributed by atoms with van der Waals surface area (Å²) < 4.78 is 40.1. The van der Waals surface area contributed by atoms with E-state index in [1.807, 2.05) is 18.4 Å². The van der Waals surface area contributed by atoms with Gasteiger partial charge in [0, 0.05) is 12.2 Å². The molecule has 2 aromatic heterocycles. The third-order valence-corrected chi connectivity index (χ3v) is 4.33. The molecule has 0 bridgehead atoms. The highest BCUT2D eigenvalue weighted by Gasteiger charge is 2.30. The normalized spacial score (nSPS) is 12.9. The molecule has 0 radical (unpaired) electrons. The van der Waals surface area contributed by atoms with Crippen LogP contribution in [-0.4, -0.2) is 37.3 Å². The minimum atomic E-state index is -4.39. The van der Waals surface area contributed by atoms with E-state index in [1.54, 1.807) is 6.33 Å². The largest absolute Gasteiger partial charge is 0.416 e. The van der Waals surface area contributed by atoms with Crippen molar-refractivity contribution >= 4 is 28.6 Å². The molecule has 0 spiro atoms. The molecule has 0 saturated heterocycles. The van der Waals surface area contributed by atoms with E-state index >= 15 is 0 Å². The number of imidazole rings is 1. The number of rotatable bonds is 7. The highest BCUT2D eigenvalue weighted by molar-refractivity contribution is 5.86. The lowest BCUT2D eigenvalue weighted by molar-refractivity contribution is -0.137. The van der Waals surface area contributed by atoms with Gasteiger partial charge in [0.15, 0.2) is 17.0 Å². The number of hydrogen-bond acceptors (Lipinski definition) is 6. The topological polar surface area (TPSA) is 87.9 Å². The third-order valence-electron chi connectivity index (χ3n) is 4.33. The predicted octanol–water partition coefficient (Wildman–Crippen LogP) is 3.79.